The highest BCUT2D eigenvalue weighted by atomic mass is 15.2. The van der Waals surface area contributed by atoms with Gasteiger partial charge in [-0.05, 0) is 60.2 Å². The van der Waals surface area contributed by atoms with Crippen molar-refractivity contribution in [1.29, 1.82) is 0 Å². The Morgan fingerprint density at radius 3 is 2.31 bits per heavy atom. The third-order valence-corrected chi connectivity index (χ3v) is 9.45. The van der Waals surface area contributed by atoms with Gasteiger partial charge in [-0.2, -0.15) is 0 Å². The first kappa shape index (κ1) is 23.5. The van der Waals surface area contributed by atoms with Crippen molar-refractivity contribution in [3.05, 3.63) is 174 Å². The molecule has 0 spiro atoms. The molecule has 4 aliphatic carbocycles. The number of benzene rings is 3. The fourth-order valence-electron chi connectivity index (χ4n) is 7.82. The molecule has 4 atom stereocenters. The van der Waals surface area contributed by atoms with Gasteiger partial charge in [0.15, 0.2) is 0 Å². The molecule has 2 aromatic heterocycles. The van der Waals surface area contributed by atoms with Gasteiger partial charge in [0.1, 0.15) is 0 Å². The first-order valence-electron chi connectivity index (χ1n) is 14.8. The van der Waals surface area contributed by atoms with Crippen LogP contribution in [0.15, 0.2) is 163 Å². The molecule has 0 N–H and O–H groups in total. The van der Waals surface area contributed by atoms with E-state index >= 15 is 0 Å². The Bertz CT molecular complexity index is 1950. The number of fused-ring (bicyclic) bond motifs is 7. The summed E-state index contributed by atoms with van der Waals surface area (Å²) in [5, 5.41) is 1.36. The van der Waals surface area contributed by atoms with E-state index < -0.39 is 0 Å². The van der Waals surface area contributed by atoms with Crippen molar-refractivity contribution in [2.45, 2.75) is 5.92 Å². The molecule has 4 aliphatic rings. The third kappa shape index (κ3) is 3.37. The first-order chi connectivity index (χ1) is 20.9. The fraction of sp³-hybridized carbons (Fsp3) is 0.103. The van der Waals surface area contributed by atoms with Crippen molar-refractivity contribution in [2.24, 2.45) is 17.8 Å². The summed E-state index contributed by atoms with van der Waals surface area (Å²) in [5.41, 5.74) is 11.7. The van der Waals surface area contributed by atoms with Crippen LogP contribution in [0.5, 0.6) is 0 Å². The second-order valence-corrected chi connectivity index (χ2v) is 11.6. The summed E-state index contributed by atoms with van der Waals surface area (Å²) in [6, 6.07) is 34.5. The van der Waals surface area contributed by atoms with Crippen LogP contribution < -0.4 is 4.90 Å². The predicted octanol–water partition coefficient (Wildman–Crippen LogP) is 9.16. The van der Waals surface area contributed by atoms with Gasteiger partial charge >= 0.3 is 0 Å². The van der Waals surface area contributed by atoms with Gasteiger partial charge in [-0.3, -0.25) is 4.98 Å². The summed E-state index contributed by atoms with van der Waals surface area (Å²) >= 11 is 0. The van der Waals surface area contributed by atoms with E-state index in [-0.39, 0.29) is 0 Å². The number of pyridine rings is 1. The quantitative estimate of drug-likeness (QED) is 0.227. The first-order valence-corrected chi connectivity index (χ1v) is 14.8. The Hall–Kier alpha value is -5.15. The molecule has 3 aromatic carbocycles. The molecule has 0 bridgehead atoms. The van der Waals surface area contributed by atoms with Crippen LogP contribution in [0.1, 0.15) is 17.2 Å². The standard InChI is InChI=1S/C39H29N3/c1-3-11-26(12-4-1)41(29-15-10-22-40-25-29)28-20-21-30-31-17-9-18-33-38(31)35(34(30)23-28)24-37-39(33)32-16-7-8-19-36(32)42(37)27-13-5-2-6-14-27/h1-25,30,33-34,38H. The number of para-hydroxylation sites is 3. The molecule has 200 valence electrons. The van der Waals surface area contributed by atoms with Crippen molar-refractivity contribution in [2.75, 3.05) is 4.90 Å². The van der Waals surface area contributed by atoms with Gasteiger partial charge in [0, 0.05) is 52.3 Å². The second-order valence-electron chi connectivity index (χ2n) is 11.6. The minimum absolute atomic E-state index is 0.293. The van der Waals surface area contributed by atoms with Crippen molar-refractivity contribution < 1.29 is 0 Å². The van der Waals surface area contributed by atoms with Gasteiger partial charge < -0.3 is 9.47 Å². The van der Waals surface area contributed by atoms with E-state index in [9.17, 15) is 0 Å². The maximum Gasteiger partial charge on any atom is 0.0644 e. The van der Waals surface area contributed by atoms with Gasteiger partial charge in [-0.25, -0.2) is 0 Å². The average molecular weight is 540 g/mol. The van der Waals surface area contributed by atoms with E-state index in [2.05, 4.69) is 148 Å². The zero-order valence-electron chi connectivity index (χ0n) is 23.1. The Morgan fingerprint density at radius 1 is 0.690 bits per heavy atom. The maximum absolute atomic E-state index is 4.46. The fourth-order valence-corrected chi connectivity index (χ4v) is 7.82. The lowest BCUT2D eigenvalue weighted by atomic mass is 9.72. The second kappa shape index (κ2) is 9.19. The van der Waals surface area contributed by atoms with Gasteiger partial charge in [-0.1, -0.05) is 96.1 Å². The zero-order chi connectivity index (χ0) is 27.6. The molecule has 3 heteroatoms. The van der Waals surface area contributed by atoms with Crippen LogP contribution in [0.2, 0.25) is 0 Å². The molecule has 0 amide bonds. The summed E-state index contributed by atoms with van der Waals surface area (Å²) in [7, 11) is 0. The van der Waals surface area contributed by atoms with Crippen LogP contribution in [0.3, 0.4) is 0 Å². The third-order valence-electron chi connectivity index (χ3n) is 9.45. The number of nitrogens with zero attached hydrogens (tertiary/aromatic N) is 3. The van der Waals surface area contributed by atoms with E-state index in [0.29, 0.717) is 23.7 Å². The average Bonchev–Trinajstić information content (AvgIpc) is 3.56. The summed E-state index contributed by atoms with van der Waals surface area (Å²) in [4.78, 5) is 6.80. The lowest BCUT2D eigenvalue weighted by molar-refractivity contribution is 0.639. The lowest BCUT2D eigenvalue weighted by Crippen LogP contribution is -2.21. The molecule has 1 saturated carbocycles. The summed E-state index contributed by atoms with van der Waals surface area (Å²) < 4.78 is 2.47. The Balaban J connectivity index is 1.25. The number of rotatable bonds is 4. The molecule has 9 rings (SSSR count). The van der Waals surface area contributed by atoms with E-state index in [0.717, 1.165) is 11.4 Å². The Kier molecular flexibility index (Phi) is 5.15. The highest BCUT2D eigenvalue weighted by Gasteiger charge is 2.49. The Labute approximate surface area is 245 Å². The van der Waals surface area contributed by atoms with Crippen LogP contribution in [0.4, 0.5) is 11.4 Å². The summed E-state index contributed by atoms with van der Waals surface area (Å²) in [6.45, 7) is 0. The molecule has 2 heterocycles. The molecule has 42 heavy (non-hydrogen) atoms. The molecule has 0 radical (unpaired) electrons. The summed E-state index contributed by atoms with van der Waals surface area (Å²) in [5.74, 6) is 1.37. The van der Waals surface area contributed by atoms with E-state index in [4.69, 9.17) is 0 Å². The SMILES string of the molecule is C1=CC2c3c(n(-c4ccccc4)c4ccccc34)C=C3C4C=C(N(c5ccccc5)c5cccnc5)C=CC4C(=C1)C32. The minimum Gasteiger partial charge on any atom is -0.310 e. The van der Waals surface area contributed by atoms with Crippen LogP contribution in [0.25, 0.3) is 22.7 Å². The maximum atomic E-state index is 4.46. The number of hydrogen-bond acceptors (Lipinski definition) is 2. The van der Waals surface area contributed by atoms with Crippen molar-refractivity contribution >= 4 is 28.4 Å². The molecule has 4 unspecified atom stereocenters. The zero-order valence-corrected chi connectivity index (χ0v) is 23.1. The van der Waals surface area contributed by atoms with E-state index in [1.807, 2.05) is 18.5 Å². The van der Waals surface area contributed by atoms with Crippen molar-refractivity contribution in [3.8, 4) is 5.69 Å². The van der Waals surface area contributed by atoms with E-state index in [1.54, 1.807) is 5.57 Å². The normalized spacial score (nSPS) is 23.0. The van der Waals surface area contributed by atoms with Gasteiger partial charge in [0.25, 0.3) is 0 Å². The van der Waals surface area contributed by atoms with Crippen LogP contribution in [-0.4, -0.2) is 9.55 Å². The van der Waals surface area contributed by atoms with Gasteiger partial charge in [0.2, 0.25) is 0 Å². The minimum atomic E-state index is 0.293. The van der Waals surface area contributed by atoms with Crippen LogP contribution in [0, 0.1) is 17.8 Å². The van der Waals surface area contributed by atoms with Gasteiger partial charge in [0.05, 0.1) is 23.1 Å². The highest BCUT2D eigenvalue weighted by Crippen LogP contribution is 2.60. The summed E-state index contributed by atoms with van der Waals surface area (Å²) in [6.07, 6.45) is 20.7. The predicted molar refractivity (Wildman–Crippen MR) is 172 cm³/mol. The molecule has 5 aromatic rings. The van der Waals surface area contributed by atoms with Crippen LogP contribution in [-0.2, 0) is 0 Å². The smallest absolute Gasteiger partial charge is 0.0644 e. The topological polar surface area (TPSA) is 21.1 Å². The van der Waals surface area contributed by atoms with Crippen molar-refractivity contribution in [1.82, 2.24) is 9.55 Å². The number of aromatic nitrogens is 2. The number of hydrogen-bond donors (Lipinski definition) is 0. The van der Waals surface area contributed by atoms with Crippen LogP contribution >= 0.6 is 0 Å². The monoisotopic (exact) mass is 539 g/mol. The number of allylic oxidation sites excluding steroid dienone is 8. The largest absolute Gasteiger partial charge is 0.310 e. The molecule has 0 aliphatic heterocycles. The van der Waals surface area contributed by atoms with Gasteiger partial charge in [-0.15, -0.1) is 0 Å². The molecule has 1 fully saturated rings. The molecular formula is C39H29N3. The lowest BCUT2D eigenvalue weighted by Gasteiger charge is -2.32. The Morgan fingerprint density at radius 2 is 1.48 bits per heavy atom. The molecular weight excluding hydrogens is 510 g/mol. The molecule has 3 nitrogen and oxygen atoms in total. The highest BCUT2D eigenvalue weighted by molar-refractivity contribution is 5.93. The molecule has 0 saturated heterocycles. The number of anilines is 2. The van der Waals surface area contributed by atoms with Crippen molar-refractivity contribution in [3.63, 3.8) is 0 Å². The van der Waals surface area contributed by atoms with E-state index in [1.165, 1.54) is 39.1 Å².